The topological polar surface area (TPSA) is 54.9 Å². The third kappa shape index (κ3) is 4.73. The maximum absolute atomic E-state index is 14.1. The number of halogens is 4. The number of aromatic nitrogens is 1. The van der Waals surface area contributed by atoms with E-state index < -0.39 is 23.5 Å². The molecule has 0 bridgehead atoms. The van der Waals surface area contributed by atoms with Crippen molar-refractivity contribution in [2.24, 2.45) is 5.41 Å². The number of pyridine rings is 1. The number of nitrogens with zero attached hydrogens (tertiary/aromatic N) is 3. The van der Waals surface area contributed by atoms with Gasteiger partial charge in [0.25, 0.3) is 0 Å². The van der Waals surface area contributed by atoms with E-state index in [0.717, 1.165) is 30.9 Å². The van der Waals surface area contributed by atoms with E-state index in [1.165, 1.54) is 6.07 Å². The summed E-state index contributed by atoms with van der Waals surface area (Å²) in [7, 11) is 0. The molecule has 1 amide bonds. The Kier molecular flexibility index (Phi) is 5.21. The van der Waals surface area contributed by atoms with Gasteiger partial charge in [0, 0.05) is 49.0 Å². The molecule has 32 heavy (non-hydrogen) atoms. The lowest BCUT2D eigenvalue weighted by Crippen LogP contribution is -2.73. The lowest BCUT2D eigenvalue weighted by molar-refractivity contribution is -0.275. The van der Waals surface area contributed by atoms with Crippen LogP contribution >= 0.6 is 0 Å². The minimum absolute atomic E-state index is 0.0308. The average Bonchev–Trinajstić information content (AvgIpc) is 2.59. The Balaban J connectivity index is 1.38. The predicted octanol–water partition coefficient (Wildman–Crippen LogP) is 4.84. The van der Waals surface area contributed by atoms with Crippen LogP contribution < -0.4 is 9.64 Å². The Hall–Kier alpha value is -3.04. The highest BCUT2D eigenvalue weighted by atomic mass is 19.4. The first-order chi connectivity index (χ1) is 14.8. The molecule has 0 unspecified atom stereocenters. The summed E-state index contributed by atoms with van der Waals surface area (Å²) in [6.07, 6.45) is -3.71. The fourth-order valence-corrected chi connectivity index (χ4v) is 4.01. The number of hydrogen-bond donors (Lipinski definition) is 0. The number of benzene rings is 1. The molecule has 1 spiro atoms. The molecule has 10 heteroatoms. The van der Waals surface area contributed by atoms with Crippen LogP contribution in [0.15, 0.2) is 36.5 Å². The number of amides is 1. The van der Waals surface area contributed by atoms with E-state index in [1.54, 1.807) is 17.2 Å². The summed E-state index contributed by atoms with van der Waals surface area (Å²) >= 11 is 0. The second-order valence-electron chi connectivity index (χ2n) is 9.28. The van der Waals surface area contributed by atoms with Gasteiger partial charge in [-0.25, -0.2) is 9.18 Å². The Morgan fingerprint density at radius 1 is 1.06 bits per heavy atom. The van der Waals surface area contributed by atoms with E-state index in [1.807, 2.05) is 26.8 Å². The van der Waals surface area contributed by atoms with E-state index in [0.29, 0.717) is 24.3 Å². The molecule has 0 atom stereocenters. The number of rotatable bonds is 3. The van der Waals surface area contributed by atoms with Crippen LogP contribution in [-0.4, -0.2) is 54.1 Å². The zero-order valence-electron chi connectivity index (χ0n) is 17.9. The van der Waals surface area contributed by atoms with Gasteiger partial charge in [0.05, 0.1) is 5.69 Å². The Morgan fingerprint density at radius 2 is 1.75 bits per heavy atom. The highest BCUT2D eigenvalue weighted by Crippen LogP contribution is 2.43. The summed E-state index contributed by atoms with van der Waals surface area (Å²) in [5.41, 5.74) is 1.14. The fourth-order valence-electron chi connectivity index (χ4n) is 4.01. The molecule has 2 aromatic rings. The van der Waals surface area contributed by atoms with Crippen LogP contribution in [0, 0.1) is 11.2 Å². The molecule has 4 rings (SSSR count). The van der Waals surface area contributed by atoms with E-state index >= 15 is 0 Å². The zero-order valence-corrected chi connectivity index (χ0v) is 17.9. The molecule has 0 aliphatic carbocycles. The lowest BCUT2D eigenvalue weighted by atomic mass is 9.73. The third-order valence-corrected chi connectivity index (χ3v) is 5.32. The van der Waals surface area contributed by atoms with Crippen LogP contribution in [0.5, 0.6) is 5.75 Å². The van der Waals surface area contributed by atoms with Gasteiger partial charge in [-0.1, -0.05) is 0 Å². The minimum atomic E-state index is -4.96. The van der Waals surface area contributed by atoms with Crippen molar-refractivity contribution in [2.45, 2.75) is 32.7 Å². The Bertz CT molecular complexity index is 1020. The van der Waals surface area contributed by atoms with Gasteiger partial charge in [0.2, 0.25) is 0 Å². The summed E-state index contributed by atoms with van der Waals surface area (Å²) in [6, 6.07) is 6.81. The SMILES string of the molecule is CC(C)(C)OC(=O)N1CC2(C1)CN(c1ccnc(-c3ccc(OC(F)(F)F)c(F)c3)c1)C2. The predicted molar refractivity (Wildman–Crippen MR) is 109 cm³/mol. The first-order valence-electron chi connectivity index (χ1n) is 10.1. The monoisotopic (exact) mass is 453 g/mol. The van der Waals surface area contributed by atoms with Crippen LogP contribution in [0.1, 0.15) is 20.8 Å². The van der Waals surface area contributed by atoms with E-state index in [9.17, 15) is 22.4 Å². The molecule has 1 aromatic carbocycles. The van der Waals surface area contributed by atoms with Crippen molar-refractivity contribution >= 4 is 11.8 Å². The van der Waals surface area contributed by atoms with Crippen molar-refractivity contribution in [1.29, 1.82) is 0 Å². The molecule has 172 valence electrons. The van der Waals surface area contributed by atoms with Crippen LogP contribution in [0.2, 0.25) is 0 Å². The number of carbonyl (C=O) groups excluding carboxylic acids is 1. The molecule has 0 radical (unpaired) electrons. The van der Waals surface area contributed by atoms with Crippen LogP contribution in [-0.2, 0) is 4.74 Å². The number of alkyl halides is 3. The Morgan fingerprint density at radius 3 is 2.34 bits per heavy atom. The van der Waals surface area contributed by atoms with Gasteiger partial charge < -0.3 is 19.3 Å². The van der Waals surface area contributed by atoms with Crippen LogP contribution in [0.25, 0.3) is 11.3 Å². The first kappa shape index (κ1) is 22.2. The van der Waals surface area contributed by atoms with Crippen LogP contribution in [0.3, 0.4) is 0 Å². The normalized spacial score (nSPS) is 17.6. The molecule has 0 N–H and O–H groups in total. The smallest absolute Gasteiger partial charge is 0.444 e. The third-order valence-electron chi connectivity index (χ3n) is 5.32. The quantitative estimate of drug-likeness (QED) is 0.623. The first-order valence-corrected chi connectivity index (χ1v) is 10.1. The van der Waals surface area contributed by atoms with Crippen molar-refractivity contribution in [3.63, 3.8) is 0 Å². The van der Waals surface area contributed by atoms with E-state index in [2.05, 4.69) is 14.6 Å². The summed E-state index contributed by atoms with van der Waals surface area (Å²) in [4.78, 5) is 20.1. The molecule has 2 saturated heterocycles. The molecular weight excluding hydrogens is 430 g/mol. The molecule has 3 heterocycles. The summed E-state index contributed by atoms with van der Waals surface area (Å²) < 4.78 is 60.1. The van der Waals surface area contributed by atoms with Crippen molar-refractivity contribution in [3.05, 3.63) is 42.3 Å². The van der Waals surface area contributed by atoms with Crippen molar-refractivity contribution in [1.82, 2.24) is 9.88 Å². The molecule has 2 aliphatic rings. The van der Waals surface area contributed by atoms with Gasteiger partial charge in [-0.2, -0.15) is 0 Å². The number of ether oxygens (including phenoxy) is 2. The molecule has 2 fully saturated rings. The minimum Gasteiger partial charge on any atom is -0.444 e. The highest BCUT2D eigenvalue weighted by molar-refractivity contribution is 5.70. The lowest BCUT2D eigenvalue weighted by Gasteiger charge is -2.60. The van der Waals surface area contributed by atoms with E-state index in [-0.39, 0.29) is 11.5 Å². The molecule has 6 nitrogen and oxygen atoms in total. The standard InChI is InChI=1S/C22H23F4N3O3/c1-20(2,3)32-19(30)29-12-21(13-29)10-28(11-21)15-6-7-27-17(9-15)14-4-5-18(16(23)8-14)31-22(24,25)26/h4-9H,10-13H2,1-3H3. The summed E-state index contributed by atoms with van der Waals surface area (Å²) in [5, 5.41) is 0. The second kappa shape index (κ2) is 7.53. The summed E-state index contributed by atoms with van der Waals surface area (Å²) in [6.45, 7) is 8.25. The van der Waals surface area contributed by atoms with Gasteiger partial charge in [0.15, 0.2) is 11.6 Å². The number of carbonyl (C=O) groups is 1. The highest BCUT2D eigenvalue weighted by Gasteiger charge is 2.54. The second-order valence-corrected chi connectivity index (χ2v) is 9.28. The summed E-state index contributed by atoms with van der Waals surface area (Å²) in [5.74, 6) is -2.01. The fraction of sp³-hybridized carbons (Fsp3) is 0.455. The van der Waals surface area contributed by atoms with Crippen molar-refractivity contribution < 1.29 is 31.8 Å². The maximum Gasteiger partial charge on any atom is 0.573 e. The molecular formula is C22H23F4N3O3. The Labute approximate surface area is 182 Å². The molecule has 1 aromatic heterocycles. The number of likely N-dealkylation sites (tertiary alicyclic amines) is 1. The van der Waals surface area contributed by atoms with Crippen molar-refractivity contribution in [2.75, 3.05) is 31.1 Å². The number of anilines is 1. The largest absolute Gasteiger partial charge is 0.573 e. The molecule has 2 aliphatic heterocycles. The van der Waals surface area contributed by atoms with Gasteiger partial charge >= 0.3 is 12.5 Å². The van der Waals surface area contributed by atoms with Gasteiger partial charge in [-0.05, 0) is 51.1 Å². The number of hydrogen-bond acceptors (Lipinski definition) is 5. The van der Waals surface area contributed by atoms with Crippen molar-refractivity contribution in [3.8, 4) is 17.0 Å². The average molecular weight is 453 g/mol. The zero-order chi connectivity index (χ0) is 23.3. The van der Waals surface area contributed by atoms with E-state index in [4.69, 9.17) is 4.74 Å². The van der Waals surface area contributed by atoms with Gasteiger partial charge in [-0.3, -0.25) is 4.98 Å². The van der Waals surface area contributed by atoms with Crippen LogP contribution in [0.4, 0.5) is 28.0 Å². The van der Waals surface area contributed by atoms with Gasteiger partial charge in [0.1, 0.15) is 5.60 Å². The molecule has 0 saturated carbocycles. The maximum atomic E-state index is 14.1. The van der Waals surface area contributed by atoms with Gasteiger partial charge in [-0.15, -0.1) is 13.2 Å².